The molecule has 0 radical (unpaired) electrons. The standard InChI is InChI=1S/C20H21BrClFN4O/c21-17-3-6-19(23)16(11-17)12-24-25-20(28)14-27-9-7-26(8-10-27)13-15-1-4-18(22)5-2-15/h1-6,11-12H,7-10,13-14H2,(H,25,28)/b24-12+. The van der Waals surface area contributed by atoms with Crippen LogP contribution in [0.25, 0.3) is 0 Å². The van der Waals surface area contributed by atoms with Crippen LogP contribution in [0.5, 0.6) is 0 Å². The van der Waals surface area contributed by atoms with Gasteiger partial charge in [0.25, 0.3) is 5.91 Å². The largest absolute Gasteiger partial charge is 0.297 e. The first-order valence-electron chi connectivity index (χ1n) is 8.96. The molecule has 1 heterocycles. The fraction of sp³-hybridized carbons (Fsp3) is 0.300. The van der Waals surface area contributed by atoms with Gasteiger partial charge in [-0.1, -0.05) is 39.7 Å². The highest BCUT2D eigenvalue weighted by atomic mass is 79.9. The van der Waals surface area contributed by atoms with Crippen molar-refractivity contribution in [1.82, 2.24) is 15.2 Å². The zero-order valence-electron chi connectivity index (χ0n) is 15.2. The van der Waals surface area contributed by atoms with Crippen molar-refractivity contribution in [2.45, 2.75) is 6.54 Å². The van der Waals surface area contributed by atoms with Crippen molar-refractivity contribution in [3.05, 3.63) is 68.9 Å². The highest BCUT2D eigenvalue weighted by Crippen LogP contribution is 2.14. The van der Waals surface area contributed by atoms with Crippen LogP contribution in [0.2, 0.25) is 5.02 Å². The molecule has 148 valence electrons. The lowest BCUT2D eigenvalue weighted by Gasteiger charge is -2.34. The number of piperazine rings is 1. The molecule has 28 heavy (non-hydrogen) atoms. The Bertz CT molecular complexity index is 839. The van der Waals surface area contributed by atoms with E-state index in [2.05, 4.69) is 36.3 Å². The third-order valence-corrected chi connectivity index (χ3v) is 5.25. The second-order valence-electron chi connectivity index (χ2n) is 6.64. The van der Waals surface area contributed by atoms with Crippen LogP contribution < -0.4 is 5.43 Å². The van der Waals surface area contributed by atoms with Gasteiger partial charge in [-0.2, -0.15) is 5.10 Å². The third-order valence-electron chi connectivity index (χ3n) is 4.50. The lowest BCUT2D eigenvalue weighted by molar-refractivity contribution is -0.122. The number of amides is 1. The Morgan fingerprint density at radius 1 is 1.14 bits per heavy atom. The number of rotatable bonds is 6. The van der Waals surface area contributed by atoms with Crippen molar-refractivity contribution in [2.75, 3.05) is 32.7 Å². The number of benzene rings is 2. The zero-order valence-corrected chi connectivity index (χ0v) is 17.6. The Morgan fingerprint density at radius 3 is 2.54 bits per heavy atom. The number of carbonyl (C=O) groups is 1. The summed E-state index contributed by atoms with van der Waals surface area (Å²) in [7, 11) is 0. The molecule has 8 heteroatoms. The van der Waals surface area contributed by atoms with Gasteiger partial charge < -0.3 is 0 Å². The number of hydrazone groups is 1. The first-order valence-corrected chi connectivity index (χ1v) is 10.1. The van der Waals surface area contributed by atoms with E-state index in [4.69, 9.17) is 11.6 Å². The lowest BCUT2D eigenvalue weighted by atomic mass is 10.2. The molecule has 0 aliphatic carbocycles. The van der Waals surface area contributed by atoms with Crippen LogP contribution >= 0.6 is 27.5 Å². The smallest absolute Gasteiger partial charge is 0.254 e. The topological polar surface area (TPSA) is 47.9 Å². The Hall–Kier alpha value is -1.80. The maximum absolute atomic E-state index is 13.6. The van der Waals surface area contributed by atoms with Gasteiger partial charge in [0.15, 0.2) is 0 Å². The molecule has 0 unspecified atom stereocenters. The summed E-state index contributed by atoms with van der Waals surface area (Å²) in [5, 5.41) is 4.59. The lowest BCUT2D eigenvalue weighted by Crippen LogP contribution is -2.48. The highest BCUT2D eigenvalue weighted by molar-refractivity contribution is 9.10. The summed E-state index contributed by atoms with van der Waals surface area (Å²) in [6.07, 6.45) is 1.31. The fourth-order valence-corrected chi connectivity index (χ4v) is 3.48. The van der Waals surface area contributed by atoms with E-state index in [9.17, 15) is 9.18 Å². The predicted octanol–water partition coefficient (Wildman–Crippen LogP) is 3.51. The number of carbonyl (C=O) groups excluding carboxylic acids is 1. The van der Waals surface area contributed by atoms with Gasteiger partial charge in [-0.15, -0.1) is 0 Å². The van der Waals surface area contributed by atoms with Crippen LogP contribution in [0.4, 0.5) is 4.39 Å². The fourth-order valence-electron chi connectivity index (χ4n) is 2.98. The Balaban J connectivity index is 1.40. The van der Waals surface area contributed by atoms with E-state index in [-0.39, 0.29) is 12.5 Å². The monoisotopic (exact) mass is 466 g/mol. The summed E-state index contributed by atoms with van der Waals surface area (Å²) in [5.41, 5.74) is 4.00. The first-order chi connectivity index (χ1) is 13.5. The predicted molar refractivity (Wildman–Crippen MR) is 113 cm³/mol. The molecule has 1 fully saturated rings. The van der Waals surface area contributed by atoms with Crippen molar-refractivity contribution >= 4 is 39.7 Å². The summed E-state index contributed by atoms with van der Waals surface area (Å²) in [6.45, 7) is 4.55. The van der Waals surface area contributed by atoms with Gasteiger partial charge in [0.05, 0.1) is 12.8 Å². The SMILES string of the molecule is O=C(CN1CCN(Cc2ccc(Cl)cc2)CC1)N/N=C/c1cc(Br)ccc1F. The molecule has 1 saturated heterocycles. The molecule has 0 aromatic heterocycles. The first kappa shape index (κ1) is 20.9. The molecule has 1 N–H and O–H groups in total. The van der Waals surface area contributed by atoms with E-state index in [1.54, 1.807) is 12.1 Å². The van der Waals surface area contributed by atoms with Crippen molar-refractivity contribution in [3.8, 4) is 0 Å². The molecule has 1 aliphatic heterocycles. The average molecular weight is 468 g/mol. The summed E-state index contributed by atoms with van der Waals surface area (Å²) in [5.74, 6) is -0.601. The molecule has 2 aromatic carbocycles. The van der Waals surface area contributed by atoms with E-state index in [0.29, 0.717) is 5.56 Å². The minimum Gasteiger partial charge on any atom is -0.297 e. The molecule has 1 aliphatic rings. The molecule has 5 nitrogen and oxygen atoms in total. The van der Waals surface area contributed by atoms with Crippen LogP contribution in [0.3, 0.4) is 0 Å². The van der Waals surface area contributed by atoms with E-state index in [0.717, 1.165) is 42.2 Å². The second kappa shape index (κ2) is 10.1. The number of halogens is 3. The maximum atomic E-state index is 13.6. The molecule has 1 amide bonds. The van der Waals surface area contributed by atoms with Crippen LogP contribution in [0, 0.1) is 5.82 Å². The number of nitrogens with zero attached hydrogens (tertiary/aromatic N) is 3. The van der Waals surface area contributed by atoms with Crippen LogP contribution in [-0.4, -0.2) is 54.6 Å². The Kier molecular flexibility index (Phi) is 7.56. The molecule has 2 aromatic rings. The van der Waals surface area contributed by atoms with Crippen molar-refractivity contribution in [2.24, 2.45) is 5.10 Å². The Labute approximate surface area is 177 Å². The number of hydrogen-bond acceptors (Lipinski definition) is 4. The quantitative estimate of drug-likeness (QED) is 0.522. The van der Waals surface area contributed by atoms with Gasteiger partial charge in [0.1, 0.15) is 5.82 Å². The molecule has 0 spiro atoms. The van der Waals surface area contributed by atoms with E-state index in [1.165, 1.54) is 17.8 Å². The van der Waals surface area contributed by atoms with E-state index < -0.39 is 5.82 Å². The van der Waals surface area contributed by atoms with Gasteiger partial charge >= 0.3 is 0 Å². The summed E-state index contributed by atoms with van der Waals surface area (Å²) < 4.78 is 14.4. The van der Waals surface area contributed by atoms with Crippen molar-refractivity contribution in [3.63, 3.8) is 0 Å². The van der Waals surface area contributed by atoms with Gasteiger partial charge in [0, 0.05) is 47.8 Å². The number of nitrogens with one attached hydrogen (secondary N) is 1. The third kappa shape index (κ3) is 6.38. The molecular weight excluding hydrogens is 447 g/mol. The minimum absolute atomic E-state index is 0.210. The zero-order chi connectivity index (χ0) is 19.9. The Morgan fingerprint density at radius 2 is 1.82 bits per heavy atom. The molecular formula is C20H21BrClFN4O. The highest BCUT2D eigenvalue weighted by Gasteiger charge is 2.18. The second-order valence-corrected chi connectivity index (χ2v) is 7.99. The van der Waals surface area contributed by atoms with Crippen LogP contribution in [-0.2, 0) is 11.3 Å². The molecule has 0 atom stereocenters. The van der Waals surface area contributed by atoms with E-state index in [1.807, 2.05) is 24.3 Å². The minimum atomic E-state index is -0.391. The average Bonchev–Trinajstić information content (AvgIpc) is 2.68. The molecule has 0 bridgehead atoms. The normalized spacial score (nSPS) is 15.8. The van der Waals surface area contributed by atoms with Gasteiger partial charge in [-0.25, -0.2) is 9.82 Å². The summed E-state index contributed by atoms with van der Waals surface area (Å²) in [4.78, 5) is 16.5. The van der Waals surface area contributed by atoms with Crippen molar-refractivity contribution in [1.29, 1.82) is 0 Å². The van der Waals surface area contributed by atoms with E-state index >= 15 is 0 Å². The summed E-state index contributed by atoms with van der Waals surface area (Å²) >= 11 is 9.20. The van der Waals surface area contributed by atoms with Gasteiger partial charge in [0.2, 0.25) is 0 Å². The number of hydrogen-bond donors (Lipinski definition) is 1. The van der Waals surface area contributed by atoms with Crippen molar-refractivity contribution < 1.29 is 9.18 Å². The molecule has 0 saturated carbocycles. The van der Waals surface area contributed by atoms with Gasteiger partial charge in [-0.3, -0.25) is 14.6 Å². The van der Waals surface area contributed by atoms with Gasteiger partial charge in [-0.05, 0) is 35.9 Å². The van der Waals surface area contributed by atoms with Crippen LogP contribution in [0.1, 0.15) is 11.1 Å². The maximum Gasteiger partial charge on any atom is 0.254 e. The van der Waals surface area contributed by atoms with Crippen LogP contribution in [0.15, 0.2) is 52.0 Å². The molecule has 3 rings (SSSR count). The summed E-state index contributed by atoms with van der Waals surface area (Å²) in [6, 6.07) is 12.4.